The van der Waals surface area contributed by atoms with Crippen molar-refractivity contribution in [2.24, 2.45) is 5.41 Å². The Hall–Kier alpha value is -1.89. The van der Waals surface area contributed by atoms with Crippen LogP contribution in [-0.4, -0.2) is 46.7 Å². The van der Waals surface area contributed by atoms with Crippen LogP contribution in [0, 0.1) is 5.41 Å². The highest BCUT2D eigenvalue weighted by Crippen LogP contribution is 2.20. The Bertz CT molecular complexity index is 701. The lowest BCUT2D eigenvalue weighted by atomic mass is 9.90. The van der Waals surface area contributed by atoms with E-state index in [2.05, 4.69) is 31.4 Å². The van der Waals surface area contributed by atoms with Gasteiger partial charge in [-0.2, -0.15) is 0 Å². The third-order valence-electron chi connectivity index (χ3n) is 5.73. The molecule has 0 bridgehead atoms. The van der Waals surface area contributed by atoms with Crippen LogP contribution in [0.4, 0.5) is 0 Å². The summed E-state index contributed by atoms with van der Waals surface area (Å²) in [7, 11) is 0. The molecule has 0 aliphatic rings. The second-order valence-corrected chi connectivity index (χ2v) is 11.6. The summed E-state index contributed by atoms with van der Waals surface area (Å²) in [6.45, 7) is 19.6. The number of amides is 1. The molecule has 0 aromatic rings. The zero-order chi connectivity index (χ0) is 28.5. The van der Waals surface area contributed by atoms with E-state index in [4.69, 9.17) is 0 Å². The number of rotatable bonds is 16. The number of nitrogens with one attached hydrogen (secondary N) is 2. The molecular formula is C29H54N2O5. The summed E-state index contributed by atoms with van der Waals surface area (Å²) in [5.74, 6) is 0.444. The maximum absolute atomic E-state index is 11.9. The summed E-state index contributed by atoms with van der Waals surface area (Å²) >= 11 is 0. The predicted molar refractivity (Wildman–Crippen MR) is 147 cm³/mol. The van der Waals surface area contributed by atoms with E-state index in [-0.39, 0.29) is 46.0 Å². The van der Waals surface area contributed by atoms with Gasteiger partial charge in [-0.15, -0.1) is 0 Å². The molecule has 0 fully saturated rings. The van der Waals surface area contributed by atoms with Crippen molar-refractivity contribution in [2.45, 2.75) is 151 Å². The molecule has 0 aromatic heterocycles. The number of hydrogen-bond acceptors (Lipinski definition) is 6. The maximum Gasteiger partial charge on any atom is 0.220 e. The molecule has 2 N–H and O–H groups in total. The monoisotopic (exact) mass is 510 g/mol. The molecule has 0 rings (SSSR count). The van der Waals surface area contributed by atoms with Crippen LogP contribution in [0.1, 0.15) is 133 Å². The van der Waals surface area contributed by atoms with Crippen LogP contribution >= 0.6 is 0 Å². The molecule has 0 aliphatic heterocycles. The van der Waals surface area contributed by atoms with E-state index in [1.165, 1.54) is 0 Å². The average molecular weight is 511 g/mol. The van der Waals surface area contributed by atoms with Crippen molar-refractivity contribution < 1.29 is 24.0 Å². The molecule has 2 atom stereocenters. The topological polar surface area (TPSA) is 109 Å². The summed E-state index contributed by atoms with van der Waals surface area (Å²) in [5.41, 5.74) is 0.00450. The maximum atomic E-state index is 11.9. The van der Waals surface area contributed by atoms with E-state index in [0.29, 0.717) is 57.8 Å². The van der Waals surface area contributed by atoms with Gasteiger partial charge in [-0.05, 0) is 45.4 Å². The SMILES string of the molecule is CCC(=O)CCC(NC(=O)CCC(C)(C)C)C(=O)CC.CCC(=O)CCC(NC(C)(C)C)C(=O)CC. The first-order valence-corrected chi connectivity index (χ1v) is 13.6. The summed E-state index contributed by atoms with van der Waals surface area (Å²) in [4.78, 5) is 58.0. The van der Waals surface area contributed by atoms with Crippen LogP contribution in [0.2, 0.25) is 0 Å². The summed E-state index contributed by atoms with van der Waals surface area (Å²) in [6.07, 6.45) is 5.02. The van der Waals surface area contributed by atoms with Gasteiger partial charge in [0, 0.05) is 50.5 Å². The van der Waals surface area contributed by atoms with Crippen molar-refractivity contribution in [3.8, 4) is 0 Å². The molecule has 0 saturated heterocycles. The van der Waals surface area contributed by atoms with Crippen molar-refractivity contribution in [3.63, 3.8) is 0 Å². The molecule has 0 spiro atoms. The van der Waals surface area contributed by atoms with E-state index in [9.17, 15) is 24.0 Å². The highest BCUT2D eigenvalue weighted by atomic mass is 16.2. The fourth-order valence-corrected chi connectivity index (χ4v) is 3.36. The first-order chi connectivity index (χ1) is 16.5. The van der Waals surface area contributed by atoms with Gasteiger partial charge in [-0.25, -0.2) is 0 Å². The lowest BCUT2D eigenvalue weighted by Gasteiger charge is -2.27. The van der Waals surface area contributed by atoms with E-state index in [0.717, 1.165) is 6.42 Å². The van der Waals surface area contributed by atoms with Gasteiger partial charge in [0.1, 0.15) is 17.3 Å². The first-order valence-electron chi connectivity index (χ1n) is 13.6. The smallest absolute Gasteiger partial charge is 0.220 e. The number of ketones is 4. The molecule has 7 nitrogen and oxygen atoms in total. The van der Waals surface area contributed by atoms with Crippen LogP contribution in [-0.2, 0) is 24.0 Å². The molecule has 0 heterocycles. The molecule has 36 heavy (non-hydrogen) atoms. The standard InChI is InChI=1S/C16H29NO3.C13H25NO2/c1-6-12(18)8-9-13(14(19)7-2)17-15(20)10-11-16(3,4)5;1-6-10(15)8-9-11(12(16)7-2)14-13(3,4)5/h13H,6-11H2,1-5H3,(H,17,20);11,14H,6-9H2,1-5H3. The zero-order valence-corrected chi connectivity index (χ0v) is 24.8. The average Bonchev–Trinajstić information content (AvgIpc) is 2.80. The van der Waals surface area contributed by atoms with Crippen LogP contribution < -0.4 is 10.6 Å². The van der Waals surface area contributed by atoms with Gasteiger partial charge in [0.05, 0.1) is 12.1 Å². The van der Waals surface area contributed by atoms with Gasteiger partial charge >= 0.3 is 0 Å². The molecule has 7 heteroatoms. The van der Waals surface area contributed by atoms with Crippen LogP contribution in [0.5, 0.6) is 0 Å². The quantitative estimate of drug-likeness (QED) is 0.283. The van der Waals surface area contributed by atoms with Gasteiger partial charge in [-0.1, -0.05) is 48.5 Å². The molecule has 0 aliphatic carbocycles. The minimum absolute atomic E-state index is 0.00184. The van der Waals surface area contributed by atoms with Crippen LogP contribution in [0.3, 0.4) is 0 Å². The minimum atomic E-state index is -0.511. The van der Waals surface area contributed by atoms with Crippen molar-refractivity contribution >= 4 is 29.0 Å². The van der Waals surface area contributed by atoms with Gasteiger partial charge in [0.25, 0.3) is 0 Å². The first kappa shape index (κ1) is 36.3. The van der Waals surface area contributed by atoms with Gasteiger partial charge in [0.15, 0.2) is 5.78 Å². The second-order valence-electron chi connectivity index (χ2n) is 11.6. The number of carbonyl (C=O) groups is 5. The summed E-state index contributed by atoms with van der Waals surface area (Å²) < 4.78 is 0. The fraction of sp³-hybridized carbons (Fsp3) is 0.828. The van der Waals surface area contributed by atoms with Gasteiger partial charge in [-0.3, -0.25) is 24.0 Å². The van der Waals surface area contributed by atoms with E-state index < -0.39 is 6.04 Å². The fourth-order valence-electron chi connectivity index (χ4n) is 3.36. The second kappa shape index (κ2) is 18.4. The van der Waals surface area contributed by atoms with Crippen LogP contribution in [0.25, 0.3) is 0 Å². The van der Waals surface area contributed by atoms with Gasteiger partial charge < -0.3 is 10.6 Å². The molecule has 0 saturated carbocycles. The van der Waals surface area contributed by atoms with E-state index in [1.807, 2.05) is 34.6 Å². The van der Waals surface area contributed by atoms with E-state index >= 15 is 0 Å². The van der Waals surface area contributed by atoms with Crippen molar-refractivity contribution in [1.29, 1.82) is 0 Å². The Morgan fingerprint density at radius 3 is 1.39 bits per heavy atom. The van der Waals surface area contributed by atoms with Crippen molar-refractivity contribution in [1.82, 2.24) is 10.6 Å². The molecule has 0 aromatic carbocycles. The Morgan fingerprint density at radius 1 is 0.611 bits per heavy atom. The molecule has 2 unspecified atom stereocenters. The van der Waals surface area contributed by atoms with Crippen LogP contribution in [0.15, 0.2) is 0 Å². The zero-order valence-electron chi connectivity index (χ0n) is 24.8. The third-order valence-corrected chi connectivity index (χ3v) is 5.73. The highest BCUT2D eigenvalue weighted by molar-refractivity contribution is 5.89. The molecule has 210 valence electrons. The van der Waals surface area contributed by atoms with E-state index in [1.54, 1.807) is 13.8 Å². The predicted octanol–water partition coefficient (Wildman–Crippen LogP) is 5.52. The Kier molecular flexibility index (Phi) is 18.5. The molecule has 1 amide bonds. The summed E-state index contributed by atoms with van der Waals surface area (Å²) in [6, 6.07) is -0.691. The van der Waals surface area contributed by atoms with Gasteiger partial charge in [0.2, 0.25) is 5.91 Å². The normalized spacial score (nSPS) is 13.2. The number of hydrogen-bond donors (Lipinski definition) is 2. The Labute approximate surface area is 220 Å². The van der Waals surface area contributed by atoms with Crippen molar-refractivity contribution in [2.75, 3.05) is 0 Å². The van der Waals surface area contributed by atoms with Crippen molar-refractivity contribution in [3.05, 3.63) is 0 Å². The summed E-state index contributed by atoms with van der Waals surface area (Å²) in [5, 5.41) is 6.06. The molecule has 0 radical (unpaired) electrons. The Morgan fingerprint density at radius 2 is 1.03 bits per heavy atom. The largest absolute Gasteiger partial charge is 0.346 e. The lowest BCUT2D eigenvalue weighted by Crippen LogP contribution is -2.47. The number of Topliss-reactive ketones (excluding diaryl/α,β-unsaturated/α-hetero) is 4. The minimum Gasteiger partial charge on any atom is -0.346 e. The lowest BCUT2D eigenvalue weighted by molar-refractivity contribution is -0.128. The Balaban J connectivity index is 0. The number of carbonyl (C=O) groups excluding carboxylic acids is 5. The highest BCUT2D eigenvalue weighted by Gasteiger charge is 2.23. The third kappa shape index (κ3) is 20.3. The molecular weight excluding hydrogens is 456 g/mol.